The summed E-state index contributed by atoms with van der Waals surface area (Å²) < 4.78 is 42.7. The van der Waals surface area contributed by atoms with Gasteiger partial charge in [-0.2, -0.15) is 0 Å². The largest absolute Gasteiger partial charge is 0.771 e. The van der Waals surface area contributed by atoms with Crippen LogP contribution in [0.3, 0.4) is 0 Å². The van der Waals surface area contributed by atoms with E-state index in [0.29, 0.717) is 32.1 Å². The van der Waals surface area contributed by atoms with Crippen molar-refractivity contribution in [3.63, 3.8) is 0 Å². The average molecular weight is 464 g/mol. The summed E-state index contributed by atoms with van der Waals surface area (Å²) in [5.74, 6) is -0.904. The van der Waals surface area contributed by atoms with Gasteiger partial charge in [-0.15, -0.1) is 0 Å². The Morgan fingerprint density at radius 1 is 1.09 bits per heavy atom. The molecule has 2 aliphatic heterocycles. The zero-order valence-electron chi connectivity index (χ0n) is 17.4. The summed E-state index contributed by atoms with van der Waals surface area (Å²) in [6, 6.07) is 6.07. The first-order valence-electron chi connectivity index (χ1n) is 10.4. The summed E-state index contributed by atoms with van der Waals surface area (Å²) in [6.45, 7) is 2.14. The number of anilines is 1. The lowest BCUT2D eigenvalue weighted by Gasteiger charge is -2.48. The number of rotatable bonds is 6. The van der Waals surface area contributed by atoms with Gasteiger partial charge in [0.25, 0.3) is 0 Å². The van der Waals surface area contributed by atoms with Crippen molar-refractivity contribution in [2.45, 2.75) is 18.2 Å². The van der Waals surface area contributed by atoms with Crippen molar-refractivity contribution in [1.82, 2.24) is 14.9 Å². The van der Waals surface area contributed by atoms with Crippen LogP contribution < -0.4 is 4.90 Å². The van der Waals surface area contributed by atoms with E-state index >= 15 is 0 Å². The van der Waals surface area contributed by atoms with Gasteiger partial charge in [0.2, 0.25) is 5.95 Å². The van der Waals surface area contributed by atoms with E-state index in [1.807, 2.05) is 4.90 Å². The number of aromatic nitrogens is 2. The molecule has 32 heavy (non-hydrogen) atoms. The highest BCUT2D eigenvalue weighted by atomic mass is 32.2. The third kappa shape index (κ3) is 4.51. The van der Waals surface area contributed by atoms with Crippen LogP contribution in [-0.4, -0.2) is 79.5 Å². The molecular formula is C21H24FN4O5S-. The highest BCUT2D eigenvalue weighted by Crippen LogP contribution is 2.39. The fourth-order valence-corrected chi connectivity index (χ4v) is 5.55. The number of nitrogens with zero attached hydrogens (tertiary/aromatic N) is 4. The Balaban J connectivity index is 1.45. The molecular weight excluding hydrogens is 439 g/mol. The Labute approximate surface area is 187 Å². The highest BCUT2D eigenvalue weighted by Gasteiger charge is 2.50. The van der Waals surface area contributed by atoms with E-state index in [1.54, 1.807) is 29.4 Å². The Morgan fingerprint density at radius 2 is 1.69 bits per heavy atom. The molecule has 11 heteroatoms. The van der Waals surface area contributed by atoms with Crippen LogP contribution >= 0.6 is 0 Å². The molecule has 2 unspecified atom stereocenters. The summed E-state index contributed by atoms with van der Waals surface area (Å²) in [4.78, 5) is 24.6. The molecule has 2 atom stereocenters. The number of hydrogen-bond acceptors (Lipinski definition) is 8. The molecule has 0 amide bonds. The number of carbonyl (C=O) groups is 1. The fraction of sp³-hybridized carbons (Fsp3) is 0.476. The molecule has 0 saturated carbocycles. The Bertz CT molecular complexity index is 961. The lowest BCUT2D eigenvalue weighted by molar-refractivity contribution is -0.158. The molecule has 1 N–H and O–H groups in total. The van der Waals surface area contributed by atoms with Gasteiger partial charge >= 0.3 is 5.97 Å². The quantitative estimate of drug-likeness (QED) is 0.636. The van der Waals surface area contributed by atoms with Crippen molar-refractivity contribution in [3.8, 4) is 11.1 Å². The SMILES string of the molecule is O=C(O)C1(C(N2CCN(c3ncc(-c4ccc(F)cc4)cn3)CC2)S(=O)[O-])CCOCC1. The van der Waals surface area contributed by atoms with Crippen molar-refractivity contribution in [3.05, 3.63) is 42.5 Å². The summed E-state index contributed by atoms with van der Waals surface area (Å²) in [5, 5.41) is 8.78. The maximum absolute atomic E-state index is 13.1. The van der Waals surface area contributed by atoms with Gasteiger partial charge < -0.3 is 19.3 Å². The molecule has 2 saturated heterocycles. The van der Waals surface area contributed by atoms with Crippen LogP contribution in [-0.2, 0) is 20.6 Å². The van der Waals surface area contributed by atoms with E-state index in [4.69, 9.17) is 4.74 Å². The summed E-state index contributed by atoms with van der Waals surface area (Å²) in [5.41, 5.74) is 0.191. The van der Waals surface area contributed by atoms with Crippen molar-refractivity contribution in [1.29, 1.82) is 0 Å². The summed E-state index contributed by atoms with van der Waals surface area (Å²) >= 11 is -2.58. The van der Waals surface area contributed by atoms with Crippen LogP contribution in [0.2, 0.25) is 0 Å². The minimum Gasteiger partial charge on any atom is -0.771 e. The monoisotopic (exact) mass is 463 g/mol. The zero-order valence-corrected chi connectivity index (χ0v) is 18.2. The minimum atomic E-state index is -2.58. The number of carboxylic acids is 1. The van der Waals surface area contributed by atoms with E-state index in [9.17, 15) is 23.1 Å². The van der Waals surface area contributed by atoms with Gasteiger partial charge in [-0.1, -0.05) is 12.1 Å². The van der Waals surface area contributed by atoms with E-state index in [2.05, 4.69) is 9.97 Å². The van der Waals surface area contributed by atoms with Crippen LogP contribution in [0.15, 0.2) is 36.7 Å². The van der Waals surface area contributed by atoms with Crippen LogP contribution in [0.25, 0.3) is 11.1 Å². The zero-order chi connectivity index (χ0) is 22.7. The molecule has 1 aromatic carbocycles. The molecule has 0 bridgehead atoms. The Hall–Kier alpha value is -2.47. The first-order valence-corrected chi connectivity index (χ1v) is 11.5. The van der Waals surface area contributed by atoms with Crippen molar-refractivity contribution >= 4 is 23.0 Å². The molecule has 4 rings (SSSR count). The summed E-state index contributed by atoms with van der Waals surface area (Å²) in [7, 11) is 0. The molecule has 3 heterocycles. The predicted molar refractivity (Wildman–Crippen MR) is 114 cm³/mol. The third-order valence-corrected chi connectivity index (χ3v) is 7.32. The molecule has 9 nitrogen and oxygen atoms in total. The van der Waals surface area contributed by atoms with Crippen LogP contribution in [0.5, 0.6) is 0 Å². The van der Waals surface area contributed by atoms with Crippen LogP contribution in [0.4, 0.5) is 10.3 Å². The van der Waals surface area contributed by atoms with Gasteiger partial charge in [0.1, 0.15) is 5.82 Å². The maximum atomic E-state index is 13.1. The number of hydrogen-bond donors (Lipinski definition) is 1. The number of benzene rings is 1. The number of carboxylic acid groups (broad SMARTS) is 1. The van der Waals surface area contributed by atoms with Crippen molar-refractivity contribution in [2.24, 2.45) is 5.41 Å². The summed E-state index contributed by atoms with van der Waals surface area (Å²) in [6.07, 6.45) is 3.65. The topological polar surface area (TPSA) is 119 Å². The van der Waals surface area contributed by atoms with Gasteiger partial charge in [0.15, 0.2) is 0 Å². The number of aliphatic carboxylic acids is 1. The van der Waals surface area contributed by atoms with Crippen LogP contribution in [0.1, 0.15) is 12.8 Å². The second kappa shape index (κ2) is 9.57. The lowest BCUT2D eigenvalue weighted by atomic mass is 9.79. The fourth-order valence-electron chi connectivity index (χ4n) is 4.39. The Morgan fingerprint density at radius 3 is 2.22 bits per heavy atom. The molecule has 2 aliphatic rings. The smallest absolute Gasteiger partial charge is 0.312 e. The van der Waals surface area contributed by atoms with Gasteiger partial charge in [-0.25, -0.2) is 14.4 Å². The minimum absolute atomic E-state index is 0.162. The number of ether oxygens (including phenoxy) is 1. The number of piperazine rings is 1. The second-order valence-electron chi connectivity index (χ2n) is 7.99. The molecule has 0 aliphatic carbocycles. The van der Waals surface area contributed by atoms with Crippen molar-refractivity contribution < 1.29 is 27.8 Å². The van der Waals surface area contributed by atoms with E-state index in [-0.39, 0.29) is 31.9 Å². The average Bonchev–Trinajstić information content (AvgIpc) is 2.81. The second-order valence-corrected chi connectivity index (χ2v) is 8.96. The lowest BCUT2D eigenvalue weighted by Crippen LogP contribution is -2.60. The molecule has 0 radical (unpaired) electrons. The molecule has 172 valence electrons. The predicted octanol–water partition coefficient (Wildman–Crippen LogP) is 1.49. The first kappa shape index (κ1) is 22.7. The van der Waals surface area contributed by atoms with Gasteiger partial charge in [-0.05, 0) is 41.6 Å². The number of halogens is 1. The highest BCUT2D eigenvalue weighted by molar-refractivity contribution is 7.79. The molecule has 0 spiro atoms. The molecule has 1 aromatic heterocycles. The first-order chi connectivity index (χ1) is 15.4. The van der Waals surface area contributed by atoms with Gasteiger partial charge in [0, 0.05) is 57.3 Å². The standard InChI is InChI=1S/C21H25FN4O5S/c22-17-3-1-15(2-4-17)16-13-23-20(24-14-16)26-9-7-25(8-10-26)18(32(29)30)21(19(27)28)5-11-31-12-6-21/h1-4,13-14,18H,5-12H2,(H,27,28)(H,29,30)/p-1. The van der Waals surface area contributed by atoms with Crippen molar-refractivity contribution in [2.75, 3.05) is 44.3 Å². The van der Waals surface area contributed by atoms with E-state index < -0.39 is 27.8 Å². The van der Waals surface area contributed by atoms with Gasteiger partial charge in [-0.3, -0.25) is 13.9 Å². The van der Waals surface area contributed by atoms with E-state index in [0.717, 1.165) is 11.1 Å². The molecule has 2 aromatic rings. The van der Waals surface area contributed by atoms with E-state index in [1.165, 1.54) is 12.1 Å². The van der Waals surface area contributed by atoms with Gasteiger partial charge in [0.05, 0.1) is 10.8 Å². The normalized spacial score (nSPS) is 21.1. The third-order valence-electron chi connectivity index (χ3n) is 6.21. The Kier molecular flexibility index (Phi) is 6.79. The maximum Gasteiger partial charge on any atom is 0.312 e. The van der Waals surface area contributed by atoms with Crippen LogP contribution in [0, 0.1) is 11.2 Å². The molecule has 2 fully saturated rings.